The number of nitrogens with zero attached hydrogens (tertiary/aromatic N) is 3. The number of hydrogen-bond donors (Lipinski definition) is 0. The third kappa shape index (κ3) is 4.60. The Bertz CT molecular complexity index is 1110. The van der Waals surface area contributed by atoms with Crippen LogP contribution in [0.5, 0.6) is 0 Å². The van der Waals surface area contributed by atoms with Gasteiger partial charge in [-0.3, -0.25) is 4.79 Å². The van der Waals surface area contributed by atoms with E-state index in [9.17, 15) is 22.4 Å². The minimum Gasteiger partial charge on any atom is -0.384 e. The number of benzene rings is 2. The Labute approximate surface area is 195 Å². The van der Waals surface area contributed by atoms with Crippen LogP contribution in [0.3, 0.4) is 0 Å². The van der Waals surface area contributed by atoms with Crippen molar-refractivity contribution in [1.29, 1.82) is 5.26 Å². The Hall–Kier alpha value is -3.12. The molecule has 180 valence electrons. The number of anilines is 1. The summed E-state index contributed by atoms with van der Waals surface area (Å²) in [5.41, 5.74) is -0.947. The van der Waals surface area contributed by atoms with Gasteiger partial charge < -0.3 is 14.5 Å². The number of methoxy groups -OCH3 is 1. The van der Waals surface area contributed by atoms with E-state index in [4.69, 9.17) is 10.00 Å². The third-order valence-corrected chi connectivity index (χ3v) is 7.01. The van der Waals surface area contributed by atoms with E-state index in [-0.39, 0.29) is 23.7 Å². The maximum absolute atomic E-state index is 14.0. The third-order valence-electron chi connectivity index (χ3n) is 7.01. The molecule has 2 aromatic rings. The van der Waals surface area contributed by atoms with E-state index in [0.717, 1.165) is 6.07 Å². The van der Waals surface area contributed by atoms with Gasteiger partial charge >= 0.3 is 6.18 Å². The van der Waals surface area contributed by atoms with Crippen LogP contribution in [0.4, 0.5) is 23.2 Å². The summed E-state index contributed by atoms with van der Waals surface area (Å²) in [4.78, 5) is 16.5. The van der Waals surface area contributed by atoms with Crippen LogP contribution < -0.4 is 4.90 Å². The Morgan fingerprint density at radius 3 is 2.68 bits per heavy atom. The van der Waals surface area contributed by atoms with Crippen LogP contribution in [0.1, 0.15) is 23.1 Å². The van der Waals surface area contributed by atoms with Crippen molar-refractivity contribution in [3.63, 3.8) is 0 Å². The maximum Gasteiger partial charge on any atom is 0.417 e. The lowest BCUT2D eigenvalue weighted by atomic mass is 9.73. The molecule has 2 aliphatic heterocycles. The molecular formula is C25H25F4N3O2. The van der Waals surface area contributed by atoms with Gasteiger partial charge in [0.2, 0.25) is 5.91 Å². The Morgan fingerprint density at radius 1 is 1.24 bits per heavy atom. The number of piperidine rings is 1. The number of nitriles is 1. The molecule has 2 saturated heterocycles. The van der Waals surface area contributed by atoms with Crippen LogP contribution in [0.15, 0.2) is 42.5 Å². The van der Waals surface area contributed by atoms with Crippen molar-refractivity contribution in [1.82, 2.24) is 4.90 Å². The van der Waals surface area contributed by atoms with E-state index < -0.39 is 23.1 Å². The van der Waals surface area contributed by atoms with Gasteiger partial charge in [-0.1, -0.05) is 18.2 Å². The number of amides is 1. The van der Waals surface area contributed by atoms with Crippen molar-refractivity contribution in [2.45, 2.75) is 19.0 Å². The molecule has 9 heteroatoms. The van der Waals surface area contributed by atoms with Gasteiger partial charge in [0, 0.05) is 50.3 Å². The minimum absolute atomic E-state index is 0.0178. The Balaban J connectivity index is 1.54. The monoisotopic (exact) mass is 475 g/mol. The maximum atomic E-state index is 14.0. The van der Waals surface area contributed by atoms with E-state index in [1.807, 2.05) is 4.90 Å². The summed E-state index contributed by atoms with van der Waals surface area (Å²) in [5, 5.41) is 9.08. The fourth-order valence-corrected chi connectivity index (χ4v) is 5.21. The van der Waals surface area contributed by atoms with Crippen molar-refractivity contribution in [3.05, 3.63) is 65.0 Å². The molecule has 0 bridgehead atoms. The first-order valence-corrected chi connectivity index (χ1v) is 11.0. The van der Waals surface area contributed by atoms with Gasteiger partial charge in [-0.15, -0.1) is 0 Å². The highest BCUT2D eigenvalue weighted by atomic mass is 19.4. The predicted octanol–water partition coefficient (Wildman–Crippen LogP) is 4.26. The smallest absolute Gasteiger partial charge is 0.384 e. The van der Waals surface area contributed by atoms with Crippen molar-refractivity contribution < 1.29 is 27.1 Å². The molecule has 0 unspecified atom stereocenters. The number of rotatable bonds is 5. The fourth-order valence-electron chi connectivity index (χ4n) is 5.21. The average Bonchev–Trinajstić information content (AvgIpc) is 3.18. The van der Waals surface area contributed by atoms with Crippen LogP contribution in [0.2, 0.25) is 0 Å². The molecule has 2 aromatic carbocycles. The molecular weight excluding hydrogens is 450 g/mol. The number of hydrogen-bond acceptors (Lipinski definition) is 4. The summed E-state index contributed by atoms with van der Waals surface area (Å²) in [6.07, 6.45) is -4.04. The van der Waals surface area contributed by atoms with Crippen molar-refractivity contribution in [2.24, 2.45) is 11.3 Å². The second-order valence-corrected chi connectivity index (χ2v) is 9.07. The summed E-state index contributed by atoms with van der Waals surface area (Å²) >= 11 is 0. The van der Waals surface area contributed by atoms with Crippen LogP contribution in [0, 0.1) is 28.5 Å². The molecule has 2 heterocycles. The van der Waals surface area contributed by atoms with Gasteiger partial charge in [0.15, 0.2) is 0 Å². The quantitative estimate of drug-likeness (QED) is 0.607. The summed E-state index contributed by atoms with van der Waals surface area (Å²) in [7, 11) is 1.59. The van der Waals surface area contributed by atoms with E-state index in [1.165, 1.54) is 18.2 Å². The van der Waals surface area contributed by atoms with Crippen LogP contribution in [0.25, 0.3) is 0 Å². The summed E-state index contributed by atoms with van der Waals surface area (Å²) < 4.78 is 59.9. The van der Waals surface area contributed by atoms with Crippen LogP contribution in [-0.4, -0.2) is 50.7 Å². The number of fused-ring (bicyclic) bond motifs is 1. The first-order chi connectivity index (χ1) is 16.2. The fraction of sp³-hybridized carbons (Fsp3) is 0.440. The predicted molar refractivity (Wildman–Crippen MR) is 117 cm³/mol. The Kier molecular flexibility index (Phi) is 6.54. The molecule has 0 spiro atoms. The molecule has 0 saturated carbocycles. The van der Waals surface area contributed by atoms with Gasteiger partial charge in [-0.25, -0.2) is 4.39 Å². The lowest BCUT2D eigenvalue weighted by Gasteiger charge is -2.43. The van der Waals surface area contributed by atoms with Crippen molar-refractivity contribution in [3.8, 4) is 6.07 Å². The molecule has 2 atom stereocenters. The molecule has 34 heavy (non-hydrogen) atoms. The first-order valence-electron chi connectivity index (χ1n) is 11.0. The van der Waals surface area contributed by atoms with Gasteiger partial charge in [0.1, 0.15) is 5.82 Å². The lowest BCUT2D eigenvalue weighted by Crippen LogP contribution is -2.51. The van der Waals surface area contributed by atoms with E-state index in [1.54, 1.807) is 36.3 Å². The second-order valence-electron chi connectivity index (χ2n) is 9.07. The number of ether oxygens (including phenoxy) is 1. The molecule has 0 N–H and O–H groups in total. The van der Waals surface area contributed by atoms with E-state index >= 15 is 0 Å². The molecule has 0 radical (unpaired) electrons. The molecule has 1 amide bonds. The normalized spacial score (nSPS) is 22.4. The van der Waals surface area contributed by atoms with Crippen LogP contribution >= 0.6 is 0 Å². The number of likely N-dealkylation sites (tertiary alicyclic amines) is 1. The minimum atomic E-state index is -4.63. The van der Waals surface area contributed by atoms with E-state index in [2.05, 4.69) is 0 Å². The second kappa shape index (κ2) is 9.26. The highest BCUT2D eigenvalue weighted by Crippen LogP contribution is 2.45. The molecule has 4 rings (SSSR count). The van der Waals surface area contributed by atoms with Gasteiger partial charge in [-0.05, 0) is 36.2 Å². The molecule has 0 aliphatic carbocycles. The Morgan fingerprint density at radius 2 is 2.00 bits per heavy atom. The highest BCUT2D eigenvalue weighted by Gasteiger charge is 2.50. The molecule has 2 fully saturated rings. The average molecular weight is 475 g/mol. The SMILES string of the molecule is COC[C@@]12CCN(C(=O)Cc3ccccc3F)C[C@@H]1CN(c1ccc(C#N)c(C(F)(F)F)c1)C2. The number of carbonyl (C=O) groups excluding carboxylic acids is 1. The standard InChI is InChI=1S/C25H25F4N3O2/c1-34-16-24-8-9-31(23(33)10-17-4-2-3-5-22(17)26)13-19(24)14-32(15-24)20-7-6-18(12-30)21(11-20)25(27,28)29/h2-7,11,19H,8-10,13-16H2,1H3/t19-,24+/m1/s1. The topological polar surface area (TPSA) is 56.6 Å². The largest absolute Gasteiger partial charge is 0.417 e. The zero-order valence-electron chi connectivity index (χ0n) is 18.7. The summed E-state index contributed by atoms with van der Waals surface area (Å²) in [6, 6.07) is 11.5. The molecule has 5 nitrogen and oxygen atoms in total. The summed E-state index contributed by atoms with van der Waals surface area (Å²) in [6.45, 7) is 2.27. The number of halogens is 4. The number of alkyl halides is 3. The van der Waals surface area contributed by atoms with E-state index in [0.29, 0.717) is 50.5 Å². The zero-order chi connectivity index (χ0) is 24.5. The first kappa shape index (κ1) is 24.0. The molecule has 2 aliphatic rings. The molecule has 0 aromatic heterocycles. The lowest BCUT2D eigenvalue weighted by molar-refractivity contribution is -0.138. The van der Waals surface area contributed by atoms with Gasteiger partial charge in [0.05, 0.1) is 30.2 Å². The zero-order valence-corrected chi connectivity index (χ0v) is 18.7. The highest BCUT2D eigenvalue weighted by molar-refractivity contribution is 5.79. The van der Waals surface area contributed by atoms with Crippen LogP contribution in [-0.2, 0) is 22.1 Å². The van der Waals surface area contributed by atoms with Gasteiger partial charge in [0.25, 0.3) is 0 Å². The van der Waals surface area contributed by atoms with Gasteiger partial charge in [-0.2, -0.15) is 18.4 Å². The number of carbonyl (C=O) groups is 1. The van der Waals surface area contributed by atoms with Crippen molar-refractivity contribution in [2.75, 3.05) is 44.8 Å². The summed E-state index contributed by atoms with van der Waals surface area (Å²) in [5.74, 6) is -0.613. The van der Waals surface area contributed by atoms with Crippen molar-refractivity contribution >= 4 is 11.6 Å².